The minimum Gasteiger partial charge on any atom is -0.313 e. The molecule has 0 amide bonds. The van der Waals surface area contributed by atoms with Gasteiger partial charge in [0.25, 0.3) is 0 Å². The van der Waals surface area contributed by atoms with E-state index in [0.29, 0.717) is 5.54 Å². The fourth-order valence-corrected chi connectivity index (χ4v) is 1.21. The fraction of sp³-hybridized carbons (Fsp3) is 1.00. The van der Waals surface area contributed by atoms with Gasteiger partial charge in [-0.1, -0.05) is 7.43 Å². The molecule has 0 aromatic heterocycles. The third-order valence-electron chi connectivity index (χ3n) is 2.03. The Morgan fingerprint density at radius 1 is 1.25 bits per heavy atom. The molecule has 0 unspecified atom stereocenters. The predicted octanol–water partition coefficient (Wildman–Crippen LogP) is -0.0422. The summed E-state index contributed by atoms with van der Waals surface area (Å²) in [5, 5.41) is 6.64. The summed E-state index contributed by atoms with van der Waals surface area (Å²) in [6, 6.07) is 0. The van der Waals surface area contributed by atoms with Gasteiger partial charge in [-0.15, -0.1) is 0 Å². The topological polar surface area (TPSA) is 24.1 Å². The first kappa shape index (κ1) is 6.05. The van der Waals surface area contributed by atoms with Crippen molar-refractivity contribution < 1.29 is 0 Å². The van der Waals surface area contributed by atoms with E-state index in [1.54, 1.807) is 0 Å². The molecule has 2 heteroatoms. The maximum atomic E-state index is 3.40. The summed E-state index contributed by atoms with van der Waals surface area (Å²) in [7, 11) is 0. The van der Waals surface area contributed by atoms with Crippen molar-refractivity contribution in [1.82, 2.24) is 10.6 Å². The molecule has 2 saturated heterocycles. The minimum absolute atomic E-state index is 0. The quantitative estimate of drug-likeness (QED) is 0.461. The molecule has 0 aromatic carbocycles. The van der Waals surface area contributed by atoms with E-state index in [1.165, 1.54) is 26.1 Å². The molecular weight excluding hydrogens is 100 g/mol. The van der Waals surface area contributed by atoms with E-state index in [-0.39, 0.29) is 7.43 Å². The Kier molecular flexibility index (Phi) is 1.29. The molecule has 2 fully saturated rings. The van der Waals surface area contributed by atoms with Gasteiger partial charge in [0.1, 0.15) is 0 Å². The van der Waals surface area contributed by atoms with E-state index in [9.17, 15) is 0 Å². The summed E-state index contributed by atoms with van der Waals surface area (Å²) in [6.45, 7) is 3.64. The minimum atomic E-state index is 0. The van der Waals surface area contributed by atoms with Crippen LogP contribution in [0.15, 0.2) is 0 Å². The summed E-state index contributed by atoms with van der Waals surface area (Å²) < 4.78 is 0. The zero-order chi connectivity index (χ0) is 4.74. The summed E-state index contributed by atoms with van der Waals surface area (Å²) >= 11 is 0. The van der Waals surface area contributed by atoms with Gasteiger partial charge >= 0.3 is 0 Å². The molecule has 0 saturated carbocycles. The Morgan fingerprint density at radius 2 is 1.88 bits per heavy atom. The van der Waals surface area contributed by atoms with Crippen LogP contribution in [0.3, 0.4) is 0 Å². The van der Waals surface area contributed by atoms with Crippen LogP contribution in [0.4, 0.5) is 0 Å². The summed E-state index contributed by atoms with van der Waals surface area (Å²) in [5.74, 6) is 0. The Labute approximate surface area is 50.7 Å². The molecule has 0 radical (unpaired) electrons. The second kappa shape index (κ2) is 1.71. The highest BCUT2D eigenvalue weighted by molar-refractivity contribution is 5.06. The lowest BCUT2D eigenvalue weighted by Crippen LogP contribution is -2.74. The first-order chi connectivity index (χ1) is 3.41. The highest BCUT2D eigenvalue weighted by atomic mass is 15.2. The van der Waals surface area contributed by atoms with Crippen LogP contribution in [-0.2, 0) is 0 Å². The van der Waals surface area contributed by atoms with Crippen molar-refractivity contribution in [3.8, 4) is 0 Å². The van der Waals surface area contributed by atoms with Crippen LogP contribution in [0.2, 0.25) is 0 Å². The molecule has 48 valence electrons. The Balaban J connectivity index is 0.000000320. The largest absolute Gasteiger partial charge is 0.313 e. The first-order valence-corrected chi connectivity index (χ1v) is 2.87. The van der Waals surface area contributed by atoms with Crippen molar-refractivity contribution in [2.24, 2.45) is 0 Å². The third kappa shape index (κ3) is 0.565. The van der Waals surface area contributed by atoms with Gasteiger partial charge in [0.05, 0.1) is 0 Å². The highest BCUT2D eigenvalue weighted by Gasteiger charge is 2.41. The van der Waals surface area contributed by atoms with Crippen molar-refractivity contribution in [3.05, 3.63) is 0 Å². The van der Waals surface area contributed by atoms with Crippen molar-refractivity contribution in [2.75, 3.05) is 19.6 Å². The lowest BCUT2D eigenvalue weighted by atomic mass is 9.82. The molecule has 0 aliphatic carbocycles. The number of rotatable bonds is 0. The standard InChI is InChI=1S/C5H10N2.CH4/c1-2-7-5(1)3-6-4-5;/h6-7H,1-4H2;1H4. The first-order valence-electron chi connectivity index (χ1n) is 2.87. The molecule has 2 heterocycles. The van der Waals surface area contributed by atoms with Crippen LogP contribution in [0.5, 0.6) is 0 Å². The van der Waals surface area contributed by atoms with Crippen LogP contribution < -0.4 is 10.6 Å². The monoisotopic (exact) mass is 114 g/mol. The van der Waals surface area contributed by atoms with Gasteiger partial charge in [-0.2, -0.15) is 0 Å². The van der Waals surface area contributed by atoms with Gasteiger partial charge in [-0.25, -0.2) is 0 Å². The fourth-order valence-electron chi connectivity index (χ4n) is 1.21. The maximum absolute atomic E-state index is 3.40. The Morgan fingerprint density at radius 3 is 1.88 bits per heavy atom. The SMILES string of the molecule is C.C1CC2(CNC2)N1. The average molecular weight is 114 g/mol. The van der Waals surface area contributed by atoms with Crippen LogP contribution in [-0.4, -0.2) is 25.2 Å². The summed E-state index contributed by atoms with van der Waals surface area (Å²) in [6.07, 6.45) is 1.39. The molecule has 2 aliphatic heterocycles. The number of hydrogen-bond donors (Lipinski definition) is 2. The molecule has 0 atom stereocenters. The molecule has 0 aromatic rings. The molecule has 1 spiro atoms. The van der Waals surface area contributed by atoms with Gasteiger partial charge in [-0.3, -0.25) is 0 Å². The summed E-state index contributed by atoms with van der Waals surface area (Å²) in [4.78, 5) is 0. The molecule has 2 aliphatic rings. The Hall–Kier alpha value is -0.0800. The van der Waals surface area contributed by atoms with Crippen LogP contribution >= 0.6 is 0 Å². The van der Waals surface area contributed by atoms with E-state index in [0.717, 1.165) is 0 Å². The zero-order valence-corrected chi connectivity index (χ0v) is 4.33. The normalized spacial score (nSPS) is 30.0. The van der Waals surface area contributed by atoms with Crippen LogP contribution in [0, 0.1) is 0 Å². The third-order valence-corrected chi connectivity index (χ3v) is 2.03. The predicted molar refractivity (Wildman–Crippen MR) is 35.0 cm³/mol. The van der Waals surface area contributed by atoms with Crippen molar-refractivity contribution in [3.63, 3.8) is 0 Å². The van der Waals surface area contributed by atoms with E-state index < -0.39 is 0 Å². The van der Waals surface area contributed by atoms with E-state index in [2.05, 4.69) is 10.6 Å². The molecule has 8 heavy (non-hydrogen) atoms. The van der Waals surface area contributed by atoms with Gasteiger partial charge in [0.2, 0.25) is 0 Å². The van der Waals surface area contributed by atoms with Crippen molar-refractivity contribution in [2.45, 2.75) is 19.4 Å². The van der Waals surface area contributed by atoms with Gasteiger partial charge in [0, 0.05) is 18.6 Å². The number of hydrogen-bond acceptors (Lipinski definition) is 2. The lowest BCUT2D eigenvalue weighted by Gasteiger charge is -2.50. The summed E-state index contributed by atoms with van der Waals surface area (Å²) in [5.41, 5.74) is 0.583. The molecule has 2 N–H and O–H groups in total. The Bertz CT molecular complexity index is 67.0. The van der Waals surface area contributed by atoms with Crippen LogP contribution in [0.1, 0.15) is 13.8 Å². The van der Waals surface area contributed by atoms with E-state index >= 15 is 0 Å². The molecule has 0 bridgehead atoms. The second-order valence-electron chi connectivity index (χ2n) is 2.56. The van der Waals surface area contributed by atoms with Gasteiger partial charge < -0.3 is 10.6 Å². The molecular formula is C6H14N2. The maximum Gasteiger partial charge on any atom is 0.0444 e. The van der Waals surface area contributed by atoms with Gasteiger partial charge in [0.15, 0.2) is 0 Å². The van der Waals surface area contributed by atoms with Crippen LogP contribution in [0.25, 0.3) is 0 Å². The van der Waals surface area contributed by atoms with E-state index in [1.807, 2.05) is 0 Å². The lowest BCUT2D eigenvalue weighted by molar-refractivity contribution is 0.128. The molecule has 2 nitrogen and oxygen atoms in total. The molecule has 2 rings (SSSR count). The second-order valence-corrected chi connectivity index (χ2v) is 2.56. The van der Waals surface area contributed by atoms with Crippen molar-refractivity contribution >= 4 is 0 Å². The van der Waals surface area contributed by atoms with Gasteiger partial charge in [-0.05, 0) is 13.0 Å². The zero-order valence-electron chi connectivity index (χ0n) is 4.33. The van der Waals surface area contributed by atoms with E-state index in [4.69, 9.17) is 0 Å². The number of nitrogens with one attached hydrogen (secondary N) is 2. The smallest absolute Gasteiger partial charge is 0.0444 e. The average Bonchev–Trinajstić information content (AvgIpc) is 1.20. The van der Waals surface area contributed by atoms with Crippen molar-refractivity contribution in [1.29, 1.82) is 0 Å². The highest BCUT2D eigenvalue weighted by Crippen LogP contribution is 2.21.